The predicted molar refractivity (Wildman–Crippen MR) is 150 cm³/mol. The maximum absolute atomic E-state index is 14.1. The number of methoxy groups -OCH3 is 1. The molecule has 0 unspecified atom stereocenters. The fourth-order valence-electron chi connectivity index (χ4n) is 3.36. The summed E-state index contributed by atoms with van der Waals surface area (Å²) in [7, 11) is 1.47. The first kappa shape index (κ1) is 27.1. The number of aryl methyl sites for hydroxylation is 1. The third kappa shape index (κ3) is 6.15. The zero-order valence-corrected chi connectivity index (χ0v) is 23.5. The number of carbonyl (C=O) groups excluding carboxylic acids is 2. The molecule has 0 bridgehead atoms. The lowest BCUT2D eigenvalue weighted by Crippen LogP contribution is -2.44. The van der Waals surface area contributed by atoms with Crippen LogP contribution in [0.15, 0.2) is 64.0 Å². The number of amides is 2. The number of ether oxygens (including phenoxy) is 2. The second kappa shape index (κ2) is 11.6. The van der Waals surface area contributed by atoms with Gasteiger partial charge in [-0.25, -0.2) is 4.39 Å². The molecular weight excluding hydrogens is 603 g/mol. The van der Waals surface area contributed by atoms with Gasteiger partial charge in [-0.1, -0.05) is 47.1 Å². The third-order valence-electron chi connectivity index (χ3n) is 5.29. The van der Waals surface area contributed by atoms with E-state index >= 15 is 0 Å². The van der Waals surface area contributed by atoms with Gasteiger partial charge in [-0.3, -0.25) is 15.0 Å². The standard InChI is InChI=1S/C26H19BrClFN2O4S2/c1-14-6-8-16(9-7-14)24(32)30-31-25(33)22(37-26(31)36)12-15-10-18(27)23(21(11-15)34-2)35-13-17-19(28)4-3-5-20(17)29/h3-12H,13H2,1-2H3,(H,30,32)/b22-12+. The van der Waals surface area contributed by atoms with Gasteiger partial charge in [0, 0.05) is 11.1 Å². The van der Waals surface area contributed by atoms with Crippen molar-refractivity contribution in [1.82, 2.24) is 10.4 Å². The van der Waals surface area contributed by atoms with Crippen LogP contribution in [-0.2, 0) is 11.4 Å². The Morgan fingerprint density at radius 3 is 2.65 bits per heavy atom. The predicted octanol–water partition coefficient (Wildman–Crippen LogP) is 6.68. The number of nitrogens with zero attached hydrogens (tertiary/aromatic N) is 1. The zero-order valence-electron chi connectivity index (χ0n) is 19.5. The normalized spacial score (nSPS) is 14.3. The maximum atomic E-state index is 14.1. The van der Waals surface area contributed by atoms with Crippen LogP contribution in [0.3, 0.4) is 0 Å². The van der Waals surface area contributed by atoms with Crippen LogP contribution in [0.1, 0.15) is 27.0 Å². The summed E-state index contributed by atoms with van der Waals surface area (Å²) < 4.78 is 26.1. The molecule has 1 saturated heterocycles. The zero-order chi connectivity index (χ0) is 26.7. The van der Waals surface area contributed by atoms with E-state index in [0.29, 0.717) is 32.0 Å². The van der Waals surface area contributed by atoms with E-state index in [-0.39, 0.29) is 21.5 Å². The molecule has 3 aromatic rings. The fourth-order valence-corrected chi connectivity index (χ4v) is 5.34. The second-order valence-corrected chi connectivity index (χ2v) is 10.8. The topological polar surface area (TPSA) is 67.9 Å². The van der Waals surface area contributed by atoms with Crippen LogP contribution in [0.5, 0.6) is 11.5 Å². The molecule has 1 aliphatic heterocycles. The average Bonchev–Trinajstić information content (AvgIpc) is 3.12. The summed E-state index contributed by atoms with van der Waals surface area (Å²) in [4.78, 5) is 25.9. The minimum atomic E-state index is -0.476. The monoisotopic (exact) mass is 620 g/mol. The van der Waals surface area contributed by atoms with Crippen molar-refractivity contribution >= 4 is 73.7 Å². The van der Waals surface area contributed by atoms with Gasteiger partial charge in [0.1, 0.15) is 12.4 Å². The molecule has 4 rings (SSSR count). The number of hydrazine groups is 1. The van der Waals surface area contributed by atoms with Crippen molar-refractivity contribution in [3.8, 4) is 11.5 Å². The van der Waals surface area contributed by atoms with Gasteiger partial charge >= 0.3 is 0 Å². The van der Waals surface area contributed by atoms with Gasteiger partial charge in [0.05, 0.1) is 21.5 Å². The van der Waals surface area contributed by atoms with Crippen molar-refractivity contribution in [2.45, 2.75) is 13.5 Å². The average molecular weight is 622 g/mol. The lowest BCUT2D eigenvalue weighted by Gasteiger charge is -2.16. The van der Waals surface area contributed by atoms with Gasteiger partial charge in [-0.05, 0) is 83.1 Å². The van der Waals surface area contributed by atoms with E-state index < -0.39 is 17.6 Å². The van der Waals surface area contributed by atoms with Crippen LogP contribution >= 0.6 is 51.5 Å². The van der Waals surface area contributed by atoms with Crippen LogP contribution in [0.2, 0.25) is 5.02 Å². The summed E-state index contributed by atoms with van der Waals surface area (Å²) in [6, 6.07) is 14.8. The van der Waals surface area contributed by atoms with E-state index in [2.05, 4.69) is 21.4 Å². The highest BCUT2D eigenvalue weighted by Crippen LogP contribution is 2.39. The maximum Gasteiger partial charge on any atom is 0.285 e. The Morgan fingerprint density at radius 1 is 1.24 bits per heavy atom. The van der Waals surface area contributed by atoms with E-state index in [0.717, 1.165) is 22.3 Å². The van der Waals surface area contributed by atoms with E-state index in [1.165, 1.54) is 19.2 Å². The van der Waals surface area contributed by atoms with Gasteiger partial charge < -0.3 is 9.47 Å². The first-order chi connectivity index (χ1) is 17.7. The van der Waals surface area contributed by atoms with Crippen LogP contribution in [0, 0.1) is 12.7 Å². The Kier molecular flexibility index (Phi) is 8.53. The molecule has 0 aromatic heterocycles. The lowest BCUT2D eigenvalue weighted by molar-refractivity contribution is -0.123. The molecule has 190 valence electrons. The summed E-state index contributed by atoms with van der Waals surface area (Å²) in [5, 5.41) is 1.30. The van der Waals surface area contributed by atoms with E-state index in [9.17, 15) is 14.0 Å². The Labute approximate surface area is 235 Å². The third-order valence-corrected chi connectivity index (χ3v) is 7.54. The number of halogens is 3. The Bertz CT molecular complexity index is 1410. The number of benzene rings is 3. The van der Waals surface area contributed by atoms with Gasteiger partial charge in [0.15, 0.2) is 15.8 Å². The van der Waals surface area contributed by atoms with Crippen molar-refractivity contribution in [2.75, 3.05) is 7.11 Å². The summed E-state index contributed by atoms with van der Waals surface area (Å²) in [5.74, 6) is -0.678. The summed E-state index contributed by atoms with van der Waals surface area (Å²) in [6.07, 6.45) is 1.63. The van der Waals surface area contributed by atoms with Crippen LogP contribution in [0.4, 0.5) is 4.39 Å². The first-order valence-electron chi connectivity index (χ1n) is 10.8. The van der Waals surface area contributed by atoms with Gasteiger partial charge in [-0.15, -0.1) is 0 Å². The van der Waals surface area contributed by atoms with Crippen molar-refractivity contribution in [2.24, 2.45) is 0 Å². The molecule has 11 heteroatoms. The highest BCUT2D eigenvalue weighted by Gasteiger charge is 2.34. The van der Waals surface area contributed by atoms with Crippen LogP contribution in [0.25, 0.3) is 6.08 Å². The van der Waals surface area contributed by atoms with Crippen molar-refractivity contribution in [3.05, 3.63) is 97.1 Å². The van der Waals surface area contributed by atoms with Gasteiger partial charge in [0.2, 0.25) is 0 Å². The minimum absolute atomic E-state index is 0.112. The molecule has 0 saturated carbocycles. The SMILES string of the molecule is COc1cc(/C=C2/SC(=S)N(NC(=O)c3ccc(C)cc3)C2=O)cc(Br)c1OCc1c(F)cccc1Cl. The van der Waals surface area contributed by atoms with Crippen molar-refractivity contribution < 1.29 is 23.5 Å². The number of thioether (sulfide) groups is 1. The molecule has 0 spiro atoms. The number of nitrogens with one attached hydrogen (secondary N) is 1. The van der Waals surface area contributed by atoms with Crippen molar-refractivity contribution in [1.29, 1.82) is 0 Å². The van der Waals surface area contributed by atoms with Crippen LogP contribution in [-0.4, -0.2) is 28.3 Å². The number of carbonyl (C=O) groups is 2. The lowest BCUT2D eigenvalue weighted by atomic mass is 10.1. The highest BCUT2D eigenvalue weighted by molar-refractivity contribution is 9.10. The molecule has 2 amide bonds. The Morgan fingerprint density at radius 2 is 1.97 bits per heavy atom. The molecule has 1 aliphatic rings. The van der Waals surface area contributed by atoms with Crippen molar-refractivity contribution in [3.63, 3.8) is 0 Å². The smallest absolute Gasteiger partial charge is 0.285 e. The van der Waals surface area contributed by atoms with E-state index in [4.69, 9.17) is 33.3 Å². The number of thiocarbonyl (C=S) groups is 1. The number of rotatable bonds is 7. The molecule has 1 fully saturated rings. The molecule has 6 nitrogen and oxygen atoms in total. The Hall–Kier alpha value is -2.92. The molecule has 0 radical (unpaired) electrons. The largest absolute Gasteiger partial charge is 0.493 e. The minimum Gasteiger partial charge on any atom is -0.493 e. The molecule has 1 N–H and O–H groups in total. The first-order valence-corrected chi connectivity index (χ1v) is 13.2. The van der Waals surface area contributed by atoms with E-state index in [1.54, 1.807) is 36.4 Å². The molecule has 3 aromatic carbocycles. The number of hydrogen-bond acceptors (Lipinski definition) is 6. The van der Waals surface area contributed by atoms with Gasteiger partial charge in [0.25, 0.3) is 11.8 Å². The molecule has 1 heterocycles. The Balaban J connectivity index is 1.52. The summed E-state index contributed by atoms with van der Waals surface area (Å²) >= 11 is 15.9. The van der Waals surface area contributed by atoms with Crippen LogP contribution < -0.4 is 14.9 Å². The fraction of sp³-hybridized carbons (Fsp3) is 0.115. The second-order valence-electron chi connectivity index (χ2n) is 7.85. The molecule has 37 heavy (non-hydrogen) atoms. The molecular formula is C26H19BrClFN2O4S2. The molecule has 0 atom stereocenters. The van der Waals surface area contributed by atoms with E-state index in [1.807, 2.05) is 19.1 Å². The van der Waals surface area contributed by atoms with Gasteiger partial charge in [-0.2, -0.15) is 5.01 Å². The quantitative estimate of drug-likeness (QED) is 0.234. The number of hydrogen-bond donors (Lipinski definition) is 1. The highest BCUT2D eigenvalue weighted by atomic mass is 79.9. The molecule has 0 aliphatic carbocycles. The summed E-state index contributed by atoms with van der Waals surface area (Å²) in [6.45, 7) is 1.80. The summed E-state index contributed by atoms with van der Waals surface area (Å²) in [5.41, 5.74) is 4.82.